The Kier molecular flexibility index (Phi) is 7.10. The van der Waals surface area contributed by atoms with E-state index in [1.54, 1.807) is 0 Å². The SMILES string of the molecule is CCCNCCCCCCOc1ccc2ccccc2c1. The summed E-state index contributed by atoms with van der Waals surface area (Å²) in [7, 11) is 0. The summed E-state index contributed by atoms with van der Waals surface area (Å²) in [5.41, 5.74) is 0. The number of fused-ring (bicyclic) bond motifs is 1. The van der Waals surface area contributed by atoms with Gasteiger partial charge in [-0.15, -0.1) is 0 Å². The zero-order valence-electron chi connectivity index (χ0n) is 13.1. The van der Waals surface area contributed by atoms with Crippen molar-refractivity contribution in [3.05, 3.63) is 42.5 Å². The van der Waals surface area contributed by atoms with E-state index in [0.29, 0.717) is 0 Å². The summed E-state index contributed by atoms with van der Waals surface area (Å²) >= 11 is 0. The number of hydrogen-bond acceptors (Lipinski definition) is 2. The van der Waals surface area contributed by atoms with Crippen LogP contribution in [0.4, 0.5) is 0 Å². The molecule has 1 N–H and O–H groups in total. The summed E-state index contributed by atoms with van der Waals surface area (Å²) in [4.78, 5) is 0. The summed E-state index contributed by atoms with van der Waals surface area (Å²) in [6.45, 7) is 5.32. The minimum Gasteiger partial charge on any atom is -0.494 e. The lowest BCUT2D eigenvalue weighted by atomic mass is 10.1. The van der Waals surface area contributed by atoms with E-state index in [9.17, 15) is 0 Å². The lowest BCUT2D eigenvalue weighted by molar-refractivity contribution is 0.305. The second-order valence-corrected chi connectivity index (χ2v) is 5.52. The highest BCUT2D eigenvalue weighted by Gasteiger charge is 1.97. The van der Waals surface area contributed by atoms with Gasteiger partial charge in [-0.2, -0.15) is 0 Å². The maximum absolute atomic E-state index is 5.84. The molecule has 2 aromatic rings. The van der Waals surface area contributed by atoms with Crippen LogP contribution in [0.25, 0.3) is 10.8 Å². The first kappa shape index (κ1) is 15.8. The Balaban J connectivity index is 1.59. The molecule has 2 heteroatoms. The molecule has 0 aliphatic rings. The van der Waals surface area contributed by atoms with Gasteiger partial charge in [0.25, 0.3) is 0 Å². The van der Waals surface area contributed by atoms with Gasteiger partial charge in [-0.25, -0.2) is 0 Å². The van der Waals surface area contributed by atoms with Gasteiger partial charge in [0.1, 0.15) is 5.75 Å². The number of hydrogen-bond donors (Lipinski definition) is 1. The van der Waals surface area contributed by atoms with Crippen molar-refractivity contribution in [1.29, 1.82) is 0 Å². The predicted molar refractivity (Wildman–Crippen MR) is 91.1 cm³/mol. The van der Waals surface area contributed by atoms with Gasteiger partial charge >= 0.3 is 0 Å². The molecule has 0 saturated heterocycles. The maximum atomic E-state index is 5.84. The monoisotopic (exact) mass is 285 g/mol. The zero-order chi connectivity index (χ0) is 14.8. The summed E-state index contributed by atoms with van der Waals surface area (Å²) < 4.78 is 5.84. The van der Waals surface area contributed by atoms with Gasteiger partial charge in [0.15, 0.2) is 0 Å². The molecule has 0 amide bonds. The first-order chi connectivity index (χ1) is 10.4. The normalized spacial score (nSPS) is 10.9. The van der Waals surface area contributed by atoms with Gasteiger partial charge in [0.2, 0.25) is 0 Å². The molecule has 2 aromatic carbocycles. The molecule has 2 nitrogen and oxygen atoms in total. The van der Waals surface area contributed by atoms with E-state index in [1.165, 1.54) is 36.5 Å². The quantitative estimate of drug-likeness (QED) is 0.634. The molecule has 0 aromatic heterocycles. The summed E-state index contributed by atoms with van der Waals surface area (Å²) in [5, 5.41) is 5.95. The minimum absolute atomic E-state index is 0.820. The van der Waals surface area contributed by atoms with E-state index in [-0.39, 0.29) is 0 Å². The van der Waals surface area contributed by atoms with Crippen LogP contribution in [0.15, 0.2) is 42.5 Å². The topological polar surface area (TPSA) is 21.3 Å². The third-order valence-corrected chi connectivity index (χ3v) is 3.66. The van der Waals surface area contributed by atoms with Gasteiger partial charge < -0.3 is 10.1 Å². The summed E-state index contributed by atoms with van der Waals surface area (Å²) in [6, 6.07) is 14.7. The number of ether oxygens (including phenoxy) is 1. The van der Waals surface area contributed by atoms with E-state index < -0.39 is 0 Å². The molecule has 0 radical (unpaired) electrons. The summed E-state index contributed by atoms with van der Waals surface area (Å²) in [5.74, 6) is 0.985. The molecule has 0 aliphatic heterocycles. The van der Waals surface area contributed by atoms with Crippen LogP contribution < -0.4 is 10.1 Å². The van der Waals surface area contributed by atoms with Gasteiger partial charge in [0.05, 0.1) is 6.61 Å². The molecule has 0 saturated carbocycles. The van der Waals surface area contributed by atoms with Crippen molar-refractivity contribution in [2.75, 3.05) is 19.7 Å². The van der Waals surface area contributed by atoms with E-state index in [4.69, 9.17) is 4.74 Å². The third kappa shape index (κ3) is 5.76. The standard InChI is InChI=1S/C19H27NO/c1-2-13-20-14-7-3-4-8-15-21-19-12-11-17-9-5-6-10-18(17)16-19/h5-6,9-12,16,20H,2-4,7-8,13-15H2,1H3. The van der Waals surface area contributed by atoms with E-state index in [2.05, 4.69) is 54.7 Å². The van der Waals surface area contributed by atoms with Crippen LogP contribution in [0, 0.1) is 0 Å². The Hall–Kier alpha value is -1.54. The molecule has 0 bridgehead atoms. The highest BCUT2D eigenvalue weighted by molar-refractivity contribution is 5.83. The molecule has 2 rings (SSSR count). The van der Waals surface area contributed by atoms with Crippen LogP contribution in [0.5, 0.6) is 5.75 Å². The Labute approximate surface area is 128 Å². The highest BCUT2D eigenvalue weighted by Crippen LogP contribution is 2.20. The lowest BCUT2D eigenvalue weighted by Crippen LogP contribution is -2.15. The largest absolute Gasteiger partial charge is 0.494 e. The van der Waals surface area contributed by atoms with Crippen molar-refractivity contribution in [1.82, 2.24) is 5.32 Å². The van der Waals surface area contributed by atoms with E-state index >= 15 is 0 Å². The van der Waals surface area contributed by atoms with Crippen molar-refractivity contribution < 1.29 is 4.74 Å². The summed E-state index contributed by atoms with van der Waals surface area (Å²) in [6.07, 6.45) is 6.18. The Morgan fingerprint density at radius 1 is 0.857 bits per heavy atom. The number of unbranched alkanes of at least 4 members (excludes halogenated alkanes) is 3. The smallest absolute Gasteiger partial charge is 0.119 e. The second-order valence-electron chi connectivity index (χ2n) is 5.52. The molecular formula is C19H27NO. The molecule has 114 valence electrons. The minimum atomic E-state index is 0.820. The van der Waals surface area contributed by atoms with Crippen molar-refractivity contribution in [3.8, 4) is 5.75 Å². The molecule has 0 heterocycles. The van der Waals surface area contributed by atoms with Gasteiger partial charge in [-0.05, 0) is 55.3 Å². The van der Waals surface area contributed by atoms with E-state index in [0.717, 1.165) is 31.9 Å². The molecule has 0 spiro atoms. The first-order valence-electron chi connectivity index (χ1n) is 8.22. The van der Waals surface area contributed by atoms with Gasteiger partial charge in [0, 0.05) is 0 Å². The molecule has 0 aliphatic carbocycles. The van der Waals surface area contributed by atoms with Crippen molar-refractivity contribution in [2.24, 2.45) is 0 Å². The first-order valence-corrected chi connectivity index (χ1v) is 8.22. The Morgan fingerprint density at radius 3 is 2.52 bits per heavy atom. The zero-order valence-corrected chi connectivity index (χ0v) is 13.1. The van der Waals surface area contributed by atoms with Crippen molar-refractivity contribution in [2.45, 2.75) is 39.0 Å². The van der Waals surface area contributed by atoms with Crippen LogP contribution in [-0.2, 0) is 0 Å². The maximum Gasteiger partial charge on any atom is 0.119 e. The van der Waals surface area contributed by atoms with Gasteiger partial charge in [-0.1, -0.05) is 50.1 Å². The fourth-order valence-corrected chi connectivity index (χ4v) is 2.45. The fourth-order valence-electron chi connectivity index (χ4n) is 2.45. The van der Waals surface area contributed by atoms with Crippen LogP contribution in [0.1, 0.15) is 39.0 Å². The molecule has 21 heavy (non-hydrogen) atoms. The second kappa shape index (κ2) is 9.41. The number of benzene rings is 2. The van der Waals surface area contributed by atoms with Crippen LogP contribution in [-0.4, -0.2) is 19.7 Å². The lowest BCUT2D eigenvalue weighted by Gasteiger charge is -2.07. The van der Waals surface area contributed by atoms with Crippen LogP contribution in [0.2, 0.25) is 0 Å². The van der Waals surface area contributed by atoms with Crippen LogP contribution in [0.3, 0.4) is 0 Å². The van der Waals surface area contributed by atoms with Gasteiger partial charge in [-0.3, -0.25) is 0 Å². The average Bonchev–Trinajstić information content (AvgIpc) is 2.53. The molecule has 0 atom stereocenters. The number of nitrogens with one attached hydrogen (secondary N) is 1. The molecule has 0 unspecified atom stereocenters. The Bertz CT molecular complexity index is 524. The Morgan fingerprint density at radius 2 is 1.67 bits per heavy atom. The predicted octanol–water partition coefficient (Wildman–Crippen LogP) is 4.78. The van der Waals surface area contributed by atoms with Crippen molar-refractivity contribution >= 4 is 10.8 Å². The number of rotatable bonds is 10. The van der Waals surface area contributed by atoms with E-state index in [1.807, 2.05) is 0 Å². The molecule has 0 fully saturated rings. The molecular weight excluding hydrogens is 258 g/mol. The van der Waals surface area contributed by atoms with Crippen LogP contribution >= 0.6 is 0 Å². The van der Waals surface area contributed by atoms with Crippen molar-refractivity contribution in [3.63, 3.8) is 0 Å². The highest BCUT2D eigenvalue weighted by atomic mass is 16.5. The average molecular weight is 285 g/mol. The third-order valence-electron chi connectivity index (χ3n) is 3.66. The fraction of sp³-hybridized carbons (Fsp3) is 0.474.